The normalized spacial score (nSPS) is 10.6. The first kappa shape index (κ1) is 23.6. The Balaban J connectivity index is 1.47. The molecule has 0 aliphatic heterocycles. The van der Waals surface area contributed by atoms with Gasteiger partial charge in [-0.25, -0.2) is 0 Å². The molecule has 0 aliphatic rings. The number of hydrogen-bond acceptors (Lipinski definition) is 6. The van der Waals surface area contributed by atoms with Crippen molar-refractivity contribution in [1.82, 2.24) is 20.1 Å². The highest BCUT2D eigenvalue weighted by atomic mass is 35.5. The molecule has 0 fully saturated rings. The van der Waals surface area contributed by atoms with Gasteiger partial charge in [0.15, 0.2) is 5.16 Å². The molecule has 1 heterocycles. The number of aromatic nitrogens is 3. The second-order valence-corrected chi connectivity index (χ2v) is 8.29. The monoisotopic (exact) mass is 473 g/mol. The fourth-order valence-electron chi connectivity index (χ4n) is 2.88. The average molecular weight is 474 g/mol. The maximum atomic E-state index is 12.3. The predicted molar refractivity (Wildman–Crippen MR) is 126 cm³/mol. The van der Waals surface area contributed by atoms with Crippen LogP contribution in [0.4, 0.5) is 5.69 Å². The van der Waals surface area contributed by atoms with Crippen LogP contribution in [-0.4, -0.2) is 46.0 Å². The number of nitrogens with zero attached hydrogens (tertiary/aromatic N) is 3. The summed E-state index contributed by atoms with van der Waals surface area (Å²) in [5.41, 5.74) is 2.07. The largest absolute Gasteiger partial charge is 0.497 e. The standard InChI is InChI=1S/C22H24ClN5O3S/c1-14-17(23)5-4-6-18(14)25-20(29)13-32-22-27-26-19(28(22)2)11-12-24-21(30)15-7-9-16(31-3)10-8-15/h4-10H,11-13H2,1-3H3,(H,24,30)(H,25,29). The van der Waals surface area contributed by atoms with Crippen molar-refractivity contribution < 1.29 is 14.3 Å². The Bertz CT molecular complexity index is 1100. The number of halogens is 1. The smallest absolute Gasteiger partial charge is 0.251 e. The first-order chi connectivity index (χ1) is 15.4. The van der Waals surface area contributed by atoms with Gasteiger partial charge < -0.3 is 19.9 Å². The summed E-state index contributed by atoms with van der Waals surface area (Å²) in [5, 5.41) is 15.3. The van der Waals surface area contributed by atoms with Gasteiger partial charge in [0.2, 0.25) is 5.91 Å². The first-order valence-electron chi connectivity index (χ1n) is 9.87. The van der Waals surface area contributed by atoms with E-state index in [9.17, 15) is 9.59 Å². The summed E-state index contributed by atoms with van der Waals surface area (Å²) in [7, 11) is 3.41. The summed E-state index contributed by atoms with van der Waals surface area (Å²) in [6.45, 7) is 2.27. The van der Waals surface area contributed by atoms with Gasteiger partial charge in [-0.1, -0.05) is 29.4 Å². The van der Waals surface area contributed by atoms with Crippen LogP contribution in [-0.2, 0) is 18.3 Å². The van der Waals surface area contributed by atoms with E-state index in [1.54, 1.807) is 43.5 Å². The molecule has 10 heteroatoms. The second kappa shape index (κ2) is 11.0. The Kier molecular flexibility index (Phi) is 8.13. The minimum Gasteiger partial charge on any atom is -0.497 e. The highest BCUT2D eigenvalue weighted by Gasteiger charge is 2.13. The lowest BCUT2D eigenvalue weighted by Gasteiger charge is -2.09. The van der Waals surface area contributed by atoms with E-state index in [-0.39, 0.29) is 17.6 Å². The highest BCUT2D eigenvalue weighted by Crippen LogP contribution is 2.23. The van der Waals surface area contributed by atoms with E-state index in [4.69, 9.17) is 16.3 Å². The number of benzene rings is 2. The number of ether oxygens (including phenoxy) is 1. The molecule has 0 aliphatic carbocycles. The molecule has 0 spiro atoms. The van der Waals surface area contributed by atoms with Gasteiger partial charge in [-0.15, -0.1) is 10.2 Å². The van der Waals surface area contributed by atoms with Crippen molar-refractivity contribution in [2.24, 2.45) is 7.05 Å². The molecule has 0 radical (unpaired) electrons. The van der Waals surface area contributed by atoms with Gasteiger partial charge >= 0.3 is 0 Å². The Morgan fingerprint density at radius 3 is 2.62 bits per heavy atom. The van der Waals surface area contributed by atoms with E-state index in [0.29, 0.717) is 46.0 Å². The van der Waals surface area contributed by atoms with Crippen molar-refractivity contribution in [3.63, 3.8) is 0 Å². The highest BCUT2D eigenvalue weighted by molar-refractivity contribution is 7.99. The van der Waals surface area contributed by atoms with Crippen LogP contribution in [0.15, 0.2) is 47.6 Å². The zero-order valence-corrected chi connectivity index (χ0v) is 19.6. The first-order valence-corrected chi connectivity index (χ1v) is 11.2. The van der Waals surface area contributed by atoms with Crippen molar-refractivity contribution in [3.05, 3.63) is 64.4 Å². The van der Waals surface area contributed by atoms with E-state index in [1.807, 2.05) is 24.6 Å². The van der Waals surface area contributed by atoms with Crippen molar-refractivity contribution in [2.75, 3.05) is 24.7 Å². The maximum Gasteiger partial charge on any atom is 0.251 e. The lowest BCUT2D eigenvalue weighted by Crippen LogP contribution is -2.26. The molecule has 0 saturated heterocycles. The molecule has 168 valence electrons. The third-order valence-corrected chi connectivity index (χ3v) is 6.22. The average Bonchev–Trinajstić information content (AvgIpc) is 3.15. The zero-order valence-electron chi connectivity index (χ0n) is 18.0. The third-order valence-electron chi connectivity index (χ3n) is 4.79. The quantitative estimate of drug-likeness (QED) is 0.462. The minimum atomic E-state index is -0.169. The summed E-state index contributed by atoms with van der Waals surface area (Å²) in [6, 6.07) is 12.3. The van der Waals surface area contributed by atoms with Gasteiger partial charge in [0.1, 0.15) is 11.6 Å². The van der Waals surface area contributed by atoms with Crippen LogP contribution in [0.1, 0.15) is 21.7 Å². The van der Waals surface area contributed by atoms with Crippen molar-refractivity contribution in [1.29, 1.82) is 0 Å². The molecule has 1 aromatic heterocycles. The number of anilines is 1. The van der Waals surface area contributed by atoms with Crippen LogP contribution in [0.5, 0.6) is 5.75 Å². The van der Waals surface area contributed by atoms with E-state index in [1.165, 1.54) is 11.8 Å². The summed E-state index contributed by atoms with van der Waals surface area (Å²) < 4.78 is 6.92. The second-order valence-electron chi connectivity index (χ2n) is 6.94. The number of carbonyl (C=O) groups excluding carboxylic acids is 2. The van der Waals surface area contributed by atoms with Gasteiger partial charge in [0.25, 0.3) is 5.91 Å². The summed E-state index contributed by atoms with van der Waals surface area (Å²) in [4.78, 5) is 24.5. The Labute approximate surface area is 195 Å². The van der Waals surface area contributed by atoms with E-state index in [2.05, 4.69) is 20.8 Å². The number of hydrogen-bond donors (Lipinski definition) is 2. The van der Waals surface area contributed by atoms with Gasteiger partial charge in [-0.05, 0) is 48.9 Å². The lowest BCUT2D eigenvalue weighted by atomic mass is 10.2. The number of thioether (sulfide) groups is 1. The van der Waals surface area contributed by atoms with Crippen LogP contribution in [0.2, 0.25) is 5.02 Å². The lowest BCUT2D eigenvalue weighted by molar-refractivity contribution is -0.113. The number of rotatable bonds is 9. The van der Waals surface area contributed by atoms with Gasteiger partial charge in [0.05, 0.1) is 12.9 Å². The maximum absolute atomic E-state index is 12.3. The molecule has 8 nitrogen and oxygen atoms in total. The molecular weight excluding hydrogens is 450 g/mol. The molecule has 2 N–H and O–H groups in total. The van der Waals surface area contributed by atoms with Crippen LogP contribution < -0.4 is 15.4 Å². The summed E-state index contributed by atoms with van der Waals surface area (Å²) >= 11 is 7.38. The van der Waals surface area contributed by atoms with Gasteiger partial charge in [-0.3, -0.25) is 9.59 Å². The van der Waals surface area contributed by atoms with Crippen LogP contribution in [0, 0.1) is 6.92 Å². The third kappa shape index (κ3) is 6.02. The van der Waals surface area contributed by atoms with Crippen LogP contribution in [0.3, 0.4) is 0 Å². The predicted octanol–water partition coefficient (Wildman–Crippen LogP) is 3.49. The molecule has 0 saturated carbocycles. The molecule has 0 atom stereocenters. The number of nitrogens with one attached hydrogen (secondary N) is 2. The fourth-order valence-corrected chi connectivity index (χ4v) is 3.78. The van der Waals surface area contributed by atoms with Crippen LogP contribution in [0.25, 0.3) is 0 Å². The fraction of sp³-hybridized carbons (Fsp3) is 0.273. The molecular formula is C22H24ClN5O3S. The van der Waals surface area contributed by atoms with Crippen molar-refractivity contribution in [2.45, 2.75) is 18.5 Å². The molecule has 0 unspecified atom stereocenters. The molecule has 32 heavy (non-hydrogen) atoms. The topological polar surface area (TPSA) is 98.1 Å². The van der Waals surface area contributed by atoms with Crippen molar-refractivity contribution >= 4 is 40.9 Å². The summed E-state index contributed by atoms with van der Waals surface area (Å²) in [6.07, 6.45) is 0.514. The number of methoxy groups -OCH3 is 1. The Morgan fingerprint density at radius 1 is 1.16 bits per heavy atom. The zero-order chi connectivity index (χ0) is 23.1. The molecule has 0 bridgehead atoms. The van der Waals surface area contributed by atoms with Gasteiger partial charge in [0, 0.05) is 36.3 Å². The van der Waals surface area contributed by atoms with Crippen molar-refractivity contribution in [3.8, 4) is 5.75 Å². The molecule has 2 aromatic carbocycles. The minimum absolute atomic E-state index is 0.156. The molecule has 3 aromatic rings. The van der Waals surface area contributed by atoms with Gasteiger partial charge in [-0.2, -0.15) is 0 Å². The summed E-state index contributed by atoms with van der Waals surface area (Å²) in [5.74, 6) is 1.27. The molecule has 2 amide bonds. The SMILES string of the molecule is COc1ccc(C(=O)NCCc2nnc(SCC(=O)Nc3cccc(Cl)c3C)n2C)cc1. The Morgan fingerprint density at radius 2 is 1.91 bits per heavy atom. The van der Waals surface area contributed by atoms with E-state index in [0.717, 1.165) is 5.56 Å². The van der Waals surface area contributed by atoms with E-state index < -0.39 is 0 Å². The van der Waals surface area contributed by atoms with Crippen LogP contribution >= 0.6 is 23.4 Å². The Hall–Kier alpha value is -3.04. The molecule has 3 rings (SSSR count). The number of amides is 2. The van der Waals surface area contributed by atoms with E-state index >= 15 is 0 Å². The number of carbonyl (C=O) groups is 2.